The topological polar surface area (TPSA) is 54.4 Å². The third-order valence-electron chi connectivity index (χ3n) is 5.71. The van der Waals surface area contributed by atoms with E-state index < -0.39 is 6.10 Å². The predicted molar refractivity (Wildman–Crippen MR) is 114 cm³/mol. The fourth-order valence-corrected chi connectivity index (χ4v) is 4.23. The molecule has 2 heterocycles. The second-order valence-electron chi connectivity index (χ2n) is 7.80. The van der Waals surface area contributed by atoms with E-state index in [0.29, 0.717) is 0 Å². The second kappa shape index (κ2) is 7.90. The Kier molecular flexibility index (Phi) is 5.33. The monoisotopic (exact) mass is 376 g/mol. The van der Waals surface area contributed by atoms with Crippen LogP contribution in [-0.2, 0) is 0 Å². The molecule has 3 aromatic rings. The number of fused-ring (bicyclic) bond motifs is 1. The molecule has 1 fully saturated rings. The second-order valence-corrected chi connectivity index (χ2v) is 7.80. The number of methoxy groups -OCH3 is 1. The number of ether oxygens (including phenoxy) is 1. The number of aromatic nitrogens is 1. The minimum atomic E-state index is -0.552. The predicted octanol–water partition coefficient (Wildman–Crippen LogP) is 4.70. The van der Waals surface area contributed by atoms with Crippen molar-refractivity contribution in [3.63, 3.8) is 0 Å². The Morgan fingerprint density at radius 1 is 1.11 bits per heavy atom. The van der Waals surface area contributed by atoms with Crippen LogP contribution >= 0.6 is 0 Å². The van der Waals surface area contributed by atoms with Crippen molar-refractivity contribution in [3.05, 3.63) is 59.2 Å². The van der Waals surface area contributed by atoms with Crippen molar-refractivity contribution < 1.29 is 9.84 Å². The summed E-state index contributed by atoms with van der Waals surface area (Å²) in [5.74, 6) is 0.822. The number of nitrogens with one attached hydrogen (secondary N) is 1. The molecular weight excluding hydrogens is 348 g/mol. The zero-order valence-electron chi connectivity index (χ0n) is 16.8. The van der Waals surface area contributed by atoms with Crippen LogP contribution in [0.25, 0.3) is 22.2 Å². The number of pyridine rings is 1. The van der Waals surface area contributed by atoms with E-state index in [9.17, 15) is 5.11 Å². The maximum Gasteiger partial charge on any atom is 0.118 e. The van der Waals surface area contributed by atoms with E-state index in [1.165, 1.54) is 12.0 Å². The summed E-state index contributed by atoms with van der Waals surface area (Å²) in [7, 11) is 1.67. The van der Waals surface area contributed by atoms with Crippen LogP contribution in [-0.4, -0.2) is 29.8 Å². The lowest BCUT2D eigenvalue weighted by Gasteiger charge is -2.29. The molecule has 1 saturated heterocycles. The van der Waals surface area contributed by atoms with Gasteiger partial charge in [0.15, 0.2) is 0 Å². The third-order valence-corrected chi connectivity index (χ3v) is 5.71. The molecule has 1 aliphatic heterocycles. The minimum absolute atomic E-state index is 0.0869. The number of benzene rings is 2. The smallest absolute Gasteiger partial charge is 0.118 e. The number of piperidine rings is 1. The first-order chi connectivity index (χ1) is 13.6. The average Bonchev–Trinajstić information content (AvgIpc) is 2.73. The molecule has 0 bridgehead atoms. The van der Waals surface area contributed by atoms with Gasteiger partial charge in [0.1, 0.15) is 5.75 Å². The molecule has 4 rings (SSSR count). The fraction of sp³-hybridized carbons (Fsp3) is 0.375. The number of rotatable bonds is 4. The number of aliphatic hydroxyl groups is 1. The van der Waals surface area contributed by atoms with E-state index in [-0.39, 0.29) is 6.04 Å². The molecule has 2 aromatic carbocycles. The third kappa shape index (κ3) is 3.62. The van der Waals surface area contributed by atoms with Gasteiger partial charge in [0, 0.05) is 17.0 Å². The van der Waals surface area contributed by atoms with Gasteiger partial charge in [-0.3, -0.25) is 0 Å². The largest absolute Gasteiger partial charge is 0.497 e. The van der Waals surface area contributed by atoms with Crippen molar-refractivity contribution in [2.45, 2.75) is 45.3 Å². The molecule has 0 aliphatic carbocycles. The van der Waals surface area contributed by atoms with E-state index >= 15 is 0 Å². The molecule has 0 saturated carbocycles. The Balaban J connectivity index is 1.87. The molecule has 1 aliphatic rings. The van der Waals surface area contributed by atoms with Crippen LogP contribution in [0.15, 0.2) is 42.5 Å². The fourth-order valence-electron chi connectivity index (χ4n) is 4.23. The summed E-state index contributed by atoms with van der Waals surface area (Å²) in [6.45, 7) is 5.15. The summed E-state index contributed by atoms with van der Waals surface area (Å²) < 4.78 is 5.28. The summed E-state index contributed by atoms with van der Waals surface area (Å²) in [5.41, 5.74) is 6.15. The van der Waals surface area contributed by atoms with Crippen molar-refractivity contribution in [1.29, 1.82) is 0 Å². The first kappa shape index (κ1) is 18.9. The molecule has 1 aromatic heterocycles. The summed E-state index contributed by atoms with van der Waals surface area (Å²) in [6, 6.07) is 14.4. The molecule has 2 N–H and O–H groups in total. The van der Waals surface area contributed by atoms with Gasteiger partial charge in [0.2, 0.25) is 0 Å². The Bertz CT molecular complexity index is 976. The van der Waals surface area contributed by atoms with Gasteiger partial charge in [-0.05, 0) is 80.8 Å². The highest BCUT2D eigenvalue weighted by Crippen LogP contribution is 2.34. The number of nitrogens with zero attached hydrogens (tertiary/aromatic N) is 1. The van der Waals surface area contributed by atoms with Crippen LogP contribution < -0.4 is 10.1 Å². The highest BCUT2D eigenvalue weighted by molar-refractivity contribution is 5.88. The molecular formula is C24H28N2O2. The first-order valence-electron chi connectivity index (χ1n) is 10.0. The standard InChI is InChI=1S/C24H28N2O2/c1-15-12-16(2)23-19(13-15)20(24(27)21-6-4-5-11-25-21)14-22(26-23)17-7-9-18(28-3)10-8-17/h7-10,12-14,21,24-25,27H,4-6,11H2,1-3H3. The lowest BCUT2D eigenvalue weighted by Crippen LogP contribution is -2.38. The SMILES string of the molecule is COc1ccc(-c2cc(C(O)C3CCCCN3)c3cc(C)cc(C)c3n2)cc1. The Labute approximate surface area is 166 Å². The van der Waals surface area contributed by atoms with E-state index in [1.54, 1.807) is 7.11 Å². The van der Waals surface area contributed by atoms with Gasteiger partial charge < -0.3 is 15.2 Å². The minimum Gasteiger partial charge on any atom is -0.497 e. The van der Waals surface area contributed by atoms with Gasteiger partial charge in [-0.25, -0.2) is 4.98 Å². The van der Waals surface area contributed by atoms with Crippen LogP contribution in [0.4, 0.5) is 0 Å². The molecule has 4 heteroatoms. The summed E-state index contributed by atoms with van der Waals surface area (Å²) >= 11 is 0. The zero-order valence-corrected chi connectivity index (χ0v) is 16.8. The lowest BCUT2D eigenvalue weighted by atomic mass is 9.90. The van der Waals surface area contributed by atoms with Gasteiger partial charge in [0.05, 0.1) is 24.4 Å². The van der Waals surface area contributed by atoms with E-state index in [4.69, 9.17) is 9.72 Å². The molecule has 2 atom stereocenters. The molecule has 28 heavy (non-hydrogen) atoms. The van der Waals surface area contributed by atoms with Crippen molar-refractivity contribution in [3.8, 4) is 17.0 Å². The highest BCUT2D eigenvalue weighted by atomic mass is 16.5. The van der Waals surface area contributed by atoms with Crippen LogP contribution in [0.1, 0.15) is 42.1 Å². The maximum atomic E-state index is 11.3. The van der Waals surface area contributed by atoms with Crippen molar-refractivity contribution >= 4 is 10.9 Å². The molecule has 0 amide bonds. The van der Waals surface area contributed by atoms with E-state index in [1.807, 2.05) is 24.3 Å². The number of hydrogen-bond acceptors (Lipinski definition) is 4. The Morgan fingerprint density at radius 2 is 1.89 bits per heavy atom. The average molecular weight is 377 g/mol. The Morgan fingerprint density at radius 3 is 2.57 bits per heavy atom. The maximum absolute atomic E-state index is 11.3. The molecule has 0 spiro atoms. The molecule has 4 nitrogen and oxygen atoms in total. The molecule has 146 valence electrons. The number of hydrogen-bond donors (Lipinski definition) is 2. The Hall–Kier alpha value is -2.43. The first-order valence-corrected chi connectivity index (χ1v) is 10.0. The zero-order chi connectivity index (χ0) is 19.7. The van der Waals surface area contributed by atoms with Crippen LogP contribution in [0.2, 0.25) is 0 Å². The van der Waals surface area contributed by atoms with Gasteiger partial charge in [-0.2, -0.15) is 0 Å². The van der Waals surface area contributed by atoms with Crippen LogP contribution in [0.5, 0.6) is 5.75 Å². The summed E-state index contributed by atoms with van der Waals surface area (Å²) in [5, 5.41) is 15.8. The van der Waals surface area contributed by atoms with Gasteiger partial charge in [-0.15, -0.1) is 0 Å². The van der Waals surface area contributed by atoms with E-state index in [2.05, 4.69) is 37.4 Å². The van der Waals surface area contributed by atoms with Crippen molar-refractivity contribution in [1.82, 2.24) is 10.3 Å². The van der Waals surface area contributed by atoms with Crippen molar-refractivity contribution in [2.24, 2.45) is 0 Å². The summed E-state index contributed by atoms with van der Waals surface area (Å²) in [6.07, 6.45) is 2.77. The van der Waals surface area contributed by atoms with E-state index in [0.717, 1.165) is 58.4 Å². The normalized spacial score (nSPS) is 18.2. The molecule has 2 unspecified atom stereocenters. The number of aliphatic hydroxyl groups excluding tert-OH is 1. The van der Waals surface area contributed by atoms with Gasteiger partial charge in [-0.1, -0.05) is 18.1 Å². The van der Waals surface area contributed by atoms with Gasteiger partial charge in [0.25, 0.3) is 0 Å². The van der Waals surface area contributed by atoms with Crippen LogP contribution in [0.3, 0.4) is 0 Å². The van der Waals surface area contributed by atoms with Crippen molar-refractivity contribution in [2.75, 3.05) is 13.7 Å². The highest BCUT2D eigenvalue weighted by Gasteiger charge is 2.25. The quantitative estimate of drug-likeness (QED) is 0.693. The number of aryl methyl sites for hydroxylation is 2. The molecule has 0 radical (unpaired) electrons. The van der Waals surface area contributed by atoms with Gasteiger partial charge >= 0.3 is 0 Å². The van der Waals surface area contributed by atoms with Crippen LogP contribution in [0, 0.1) is 13.8 Å². The summed E-state index contributed by atoms with van der Waals surface area (Å²) in [4.78, 5) is 4.96. The lowest BCUT2D eigenvalue weighted by molar-refractivity contribution is 0.115.